The van der Waals surface area contributed by atoms with Gasteiger partial charge >= 0.3 is 6.18 Å². The summed E-state index contributed by atoms with van der Waals surface area (Å²) in [6.07, 6.45) is 0.660. The first-order valence-corrected chi connectivity index (χ1v) is 16.5. The van der Waals surface area contributed by atoms with E-state index in [0.29, 0.717) is 75.7 Å². The molecular weight excluding hydrogens is 677 g/mol. The number of likely N-dealkylation sites (tertiary alicyclic amines) is 1. The van der Waals surface area contributed by atoms with Crippen LogP contribution in [0.5, 0.6) is 5.75 Å². The number of halogens is 4. The first-order valence-electron chi connectivity index (χ1n) is 16.1. The van der Waals surface area contributed by atoms with Gasteiger partial charge in [0.25, 0.3) is 5.91 Å². The number of aromatic nitrogens is 3. The van der Waals surface area contributed by atoms with E-state index in [1.165, 1.54) is 24.3 Å². The summed E-state index contributed by atoms with van der Waals surface area (Å²) in [7, 11) is 1.50. The lowest BCUT2D eigenvalue weighted by molar-refractivity contribution is -0.209. The monoisotopic (exact) mass is 720 g/mol. The zero-order chi connectivity index (χ0) is 37.2. The molecule has 0 bridgehead atoms. The minimum atomic E-state index is -4.49. The molecule has 2 aromatic heterocycles. The largest absolute Gasteiger partial charge is 0.482 e. The number of ether oxygens (including phenoxy) is 1. The van der Waals surface area contributed by atoms with Gasteiger partial charge in [-0.15, -0.1) is 0 Å². The number of anilines is 2. The van der Waals surface area contributed by atoms with E-state index in [0.717, 1.165) is 25.3 Å². The summed E-state index contributed by atoms with van der Waals surface area (Å²) in [5, 5.41) is 17.1. The Morgan fingerprint density at radius 1 is 1.20 bits per heavy atom. The van der Waals surface area contributed by atoms with Crippen LogP contribution >= 0.6 is 11.6 Å². The Kier molecular flexibility index (Phi) is 14.6. The highest BCUT2D eigenvalue weighted by molar-refractivity contribution is 6.30. The van der Waals surface area contributed by atoms with Crippen molar-refractivity contribution < 1.29 is 32.6 Å². The van der Waals surface area contributed by atoms with Gasteiger partial charge in [0.2, 0.25) is 0 Å². The van der Waals surface area contributed by atoms with Crippen LogP contribution in [0.2, 0.25) is 5.02 Å². The highest BCUT2D eigenvalue weighted by Gasteiger charge is 2.39. The molecule has 2 unspecified atom stereocenters. The molecule has 0 radical (unpaired) electrons. The Bertz CT molecular complexity index is 1630. The number of rotatable bonds is 9. The Morgan fingerprint density at radius 3 is 2.46 bits per heavy atom. The number of aldehydes is 1. The van der Waals surface area contributed by atoms with E-state index in [1.54, 1.807) is 23.1 Å². The molecule has 12 nitrogen and oxygen atoms in total. The maximum atomic E-state index is 12.6. The second-order valence-corrected chi connectivity index (χ2v) is 12.8. The van der Waals surface area contributed by atoms with Crippen LogP contribution in [0.4, 0.5) is 24.7 Å². The number of β-amino-alcohol motifs (C(OH)–C–C–N with tert-alkyl or cyclic N) is 1. The molecular formula is C34H44ClF3N8O4. The normalized spacial score (nSPS) is 16.7. The van der Waals surface area contributed by atoms with Crippen molar-refractivity contribution in [3.8, 4) is 16.9 Å². The molecule has 2 aliphatic rings. The number of alkyl halides is 3. The van der Waals surface area contributed by atoms with Crippen LogP contribution in [0, 0.1) is 17.2 Å². The van der Waals surface area contributed by atoms with Gasteiger partial charge in [-0.05, 0) is 62.4 Å². The maximum absolute atomic E-state index is 12.6. The SMILES string of the molecule is CC(C)Cc1nc(N)c(C=N)c(-c2ccc3c(c2)OCC(=O)N3Cc2ncc(Cl)cn2)c1C=O.CC1CCCN(CC(O)C(F)(F)F)C1.CN. The number of nitrogens with one attached hydrogen (secondary N) is 1. The second kappa shape index (κ2) is 18.2. The third kappa shape index (κ3) is 10.4. The van der Waals surface area contributed by atoms with E-state index in [1.807, 2.05) is 20.8 Å². The van der Waals surface area contributed by atoms with Crippen LogP contribution in [-0.4, -0.2) is 88.9 Å². The number of nitrogens with two attached hydrogens (primary N) is 2. The van der Waals surface area contributed by atoms with Gasteiger partial charge < -0.3 is 31.6 Å². The average molecular weight is 721 g/mol. The van der Waals surface area contributed by atoms with Crippen LogP contribution in [0.25, 0.3) is 11.1 Å². The summed E-state index contributed by atoms with van der Waals surface area (Å²) in [4.78, 5) is 40.7. The summed E-state index contributed by atoms with van der Waals surface area (Å²) in [5.41, 5.74) is 13.7. The van der Waals surface area contributed by atoms with Crippen molar-refractivity contribution in [3.05, 3.63) is 58.3 Å². The Morgan fingerprint density at radius 2 is 1.88 bits per heavy atom. The summed E-state index contributed by atoms with van der Waals surface area (Å²) in [5.74, 6) is 1.53. The van der Waals surface area contributed by atoms with Gasteiger partial charge in [-0.25, -0.2) is 15.0 Å². The molecule has 0 spiro atoms. The summed E-state index contributed by atoms with van der Waals surface area (Å²) >= 11 is 5.86. The molecule has 2 atom stereocenters. The summed E-state index contributed by atoms with van der Waals surface area (Å²) < 4.78 is 41.8. The first kappa shape index (κ1) is 40.3. The third-order valence-corrected chi connectivity index (χ3v) is 8.15. The van der Waals surface area contributed by atoms with E-state index in [-0.39, 0.29) is 37.3 Å². The number of nitrogen functional groups attached to an aromatic ring is 1. The molecule has 6 N–H and O–H groups in total. The maximum Gasteiger partial charge on any atom is 0.415 e. The van der Waals surface area contributed by atoms with Gasteiger partial charge in [0.15, 0.2) is 19.0 Å². The van der Waals surface area contributed by atoms with E-state index in [4.69, 9.17) is 32.6 Å². The first-order chi connectivity index (χ1) is 23.7. The molecule has 0 saturated carbocycles. The molecule has 2 aliphatic heterocycles. The smallest absolute Gasteiger partial charge is 0.415 e. The standard InChI is InChI=1S/C24H23ClN6O3.C9H16F3NO.CH5N/c1-13(2)5-18-17(11-32)23(16(7-26)24(27)30-18)14-3-4-19-20(6-14)34-12-22(33)31(19)10-21-28-8-15(25)9-29-21;1-7-3-2-4-13(5-7)6-8(14)9(10,11)12;1-2/h3-4,6-9,11,13,26H,5,10,12H2,1-2H3,(H2,27,30);7-8,14H,2-6H2,1H3;2H2,1H3. The van der Waals surface area contributed by atoms with Gasteiger partial charge in [0.05, 0.1) is 22.9 Å². The van der Waals surface area contributed by atoms with Crippen LogP contribution in [0.1, 0.15) is 61.1 Å². The fraction of sp³-hybridized carbons (Fsp3) is 0.471. The molecule has 4 heterocycles. The molecule has 1 aromatic carbocycles. The van der Waals surface area contributed by atoms with Crippen molar-refractivity contribution in [2.24, 2.45) is 17.6 Å². The van der Waals surface area contributed by atoms with E-state index >= 15 is 0 Å². The van der Waals surface area contributed by atoms with Crippen LogP contribution < -0.4 is 21.1 Å². The highest BCUT2D eigenvalue weighted by Crippen LogP contribution is 2.39. The predicted molar refractivity (Wildman–Crippen MR) is 187 cm³/mol. The van der Waals surface area contributed by atoms with Crippen LogP contribution in [0.3, 0.4) is 0 Å². The number of nitrogens with zero attached hydrogens (tertiary/aromatic N) is 5. The zero-order valence-corrected chi connectivity index (χ0v) is 29.3. The number of piperidine rings is 1. The molecule has 272 valence electrons. The molecule has 5 rings (SSSR count). The number of aliphatic hydroxyl groups is 1. The minimum absolute atomic E-state index is 0.151. The van der Waals surface area contributed by atoms with Crippen molar-refractivity contribution in [1.29, 1.82) is 5.41 Å². The van der Waals surface area contributed by atoms with Crippen molar-refractivity contribution in [2.45, 2.75) is 58.9 Å². The van der Waals surface area contributed by atoms with Crippen molar-refractivity contribution in [1.82, 2.24) is 19.9 Å². The molecule has 1 amide bonds. The topological polar surface area (TPSA) is 185 Å². The van der Waals surface area contributed by atoms with E-state index in [2.05, 4.69) is 20.7 Å². The van der Waals surface area contributed by atoms with Gasteiger partial charge in [-0.2, -0.15) is 13.2 Å². The number of amides is 1. The van der Waals surface area contributed by atoms with Gasteiger partial charge in [0.1, 0.15) is 17.4 Å². The van der Waals surface area contributed by atoms with Crippen molar-refractivity contribution >= 4 is 41.5 Å². The summed E-state index contributed by atoms with van der Waals surface area (Å²) in [6.45, 7) is 7.11. The third-order valence-electron chi connectivity index (χ3n) is 7.96. The van der Waals surface area contributed by atoms with Crippen molar-refractivity contribution in [3.63, 3.8) is 0 Å². The number of pyridine rings is 1. The van der Waals surface area contributed by atoms with Crippen LogP contribution in [-0.2, 0) is 17.8 Å². The molecule has 1 saturated heterocycles. The highest BCUT2D eigenvalue weighted by atomic mass is 35.5. The number of fused-ring (bicyclic) bond motifs is 1. The molecule has 16 heteroatoms. The van der Waals surface area contributed by atoms with Gasteiger partial charge in [0, 0.05) is 48.4 Å². The Balaban J connectivity index is 0.000000354. The molecule has 50 heavy (non-hydrogen) atoms. The summed E-state index contributed by atoms with van der Waals surface area (Å²) in [6, 6.07) is 5.24. The second-order valence-electron chi connectivity index (χ2n) is 12.3. The number of hydrogen-bond donors (Lipinski definition) is 4. The van der Waals surface area contributed by atoms with Gasteiger partial charge in [-0.3, -0.25) is 14.5 Å². The number of carbonyl (C=O) groups excluding carboxylic acids is 2. The number of aliphatic hydroxyl groups excluding tert-OH is 1. The molecule has 3 aromatic rings. The lowest BCUT2D eigenvalue weighted by Crippen LogP contribution is -2.44. The fourth-order valence-corrected chi connectivity index (χ4v) is 5.80. The average Bonchev–Trinajstić information content (AvgIpc) is 3.07. The number of benzene rings is 1. The Labute approximate surface area is 294 Å². The van der Waals surface area contributed by atoms with E-state index in [9.17, 15) is 22.8 Å². The predicted octanol–water partition coefficient (Wildman–Crippen LogP) is 4.92. The van der Waals surface area contributed by atoms with Crippen LogP contribution in [0.15, 0.2) is 30.6 Å². The Hall–Kier alpha value is -4.18. The lowest BCUT2D eigenvalue weighted by Gasteiger charge is -2.32. The lowest BCUT2D eigenvalue weighted by atomic mass is 9.91. The number of hydrogen-bond acceptors (Lipinski definition) is 11. The zero-order valence-electron chi connectivity index (χ0n) is 28.5. The minimum Gasteiger partial charge on any atom is -0.482 e. The number of carbonyl (C=O) groups is 2. The molecule has 0 aliphatic carbocycles. The van der Waals surface area contributed by atoms with Crippen molar-refractivity contribution in [2.75, 3.05) is 43.9 Å². The fourth-order valence-electron chi connectivity index (χ4n) is 5.71. The van der Waals surface area contributed by atoms with Gasteiger partial charge in [-0.1, -0.05) is 38.4 Å². The molecule has 1 fully saturated rings. The quantitative estimate of drug-likeness (QED) is 0.175. The van der Waals surface area contributed by atoms with E-state index < -0.39 is 12.3 Å².